The number of amides is 3. The predicted molar refractivity (Wildman–Crippen MR) is 107 cm³/mol. The minimum atomic E-state index is -1.12. The fourth-order valence-corrected chi connectivity index (χ4v) is 3.82. The summed E-state index contributed by atoms with van der Waals surface area (Å²) in [5.41, 5.74) is 2.30. The third-order valence-corrected chi connectivity index (χ3v) is 5.55. The molecular weight excluding hydrogens is 393 g/mol. The van der Waals surface area contributed by atoms with Crippen LogP contribution in [0.4, 0.5) is 15.1 Å². The molecule has 2 N–H and O–H groups in total. The Labute approximate surface area is 174 Å². The Morgan fingerprint density at radius 3 is 3.03 bits per heavy atom. The third-order valence-electron chi connectivity index (χ3n) is 5.55. The molecule has 1 atom stereocenters. The van der Waals surface area contributed by atoms with E-state index in [4.69, 9.17) is 0 Å². The van der Waals surface area contributed by atoms with Gasteiger partial charge in [0.1, 0.15) is 18.4 Å². The summed E-state index contributed by atoms with van der Waals surface area (Å²) in [5, 5.41) is 6.14. The zero-order valence-electron chi connectivity index (χ0n) is 17.2. The molecule has 0 saturated carbocycles. The lowest BCUT2D eigenvalue weighted by Crippen LogP contribution is -2.48. The molecule has 30 heavy (non-hydrogen) atoms. The van der Waals surface area contributed by atoms with Crippen molar-refractivity contribution in [3.8, 4) is 0 Å². The first kappa shape index (κ1) is 21.8. The molecule has 0 bridgehead atoms. The molecule has 1 unspecified atom stereocenters. The Hall–Kier alpha value is -2.91. The first-order chi connectivity index (χ1) is 14.5. The van der Waals surface area contributed by atoms with E-state index >= 15 is 0 Å². The lowest BCUT2D eigenvalue weighted by atomic mass is 10.1. The fourth-order valence-electron chi connectivity index (χ4n) is 3.82. The van der Waals surface area contributed by atoms with Gasteiger partial charge in [-0.15, -0.1) is 0 Å². The number of pyridine rings is 1. The quantitative estimate of drug-likeness (QED) is 0.616. The number of likely N-dealkylation sites (N-methyl/N-ethyl adjacent to an activating group) is 1. The summed E-state index contributed by atoms with van der Waals surface area (Å²) in [6.45, 7) is 1.28. The highest BCUT2D eigenvalue weighted by Gasteiger charge is 2.37. The highest BCUT2D eigenvalue weighted by atomic mass is 19.3. The predicted octanol–water partition coefficient (Wildman–Crippen LogP) is 1.43. The Balaban J connectivity index is 1.36. The number of nitrogens with zero attached hydrogens (tertiary/aromatic N) is 3. The highest BCUT2D eigenvalue weighted by molar-refractivity contribution is 5.90. The number of nitrogens with one attached hydrogen (secondary N) is 2. The Morgan fingerprint density at radius 2 is 2.23 bits per heavy atom. The van der Waals surface area contributed by atoms with Crippen LogP contribution in [0.1, 0.15) is 36.9 Å². The zero-order valence-corrected chi connectivity index (χ0v) is 17.2. The van der Waals surface area contributed by atoms with E-state index in [0.29, 0.717) is 13.0 Å². The van der Waals surface area contributed by atoms with Gasteiger partial charge in [0.15, 0.2) is 0 Å². The molecular formula is C20H28FN5O4. The molecule has 2 aliphatic rings. The van der Waals surface area contributed by atoms with Crippen LogP contribution in [0.3, 0.4) is 0 Å². The largest absolute Gasteiger partial charge is 0.370 e. The summed E-state index contributed by atoms with van der Waals surface area (Å²) >= 11 is 0. The lowest BCUT2D eigenvalue weighted by molar-refractivity contribution is -0.185. The van der Waals surface area contributed by atoms with Crippen molar-refractivity contribution in [3.05, 3.63) is 23.4 Å². The van der Waals surface area contributed by atoms with Crippen molar-refractivity contribution in [1.29, 1.82) is 0 Å². The molecule has 1 fully saturated rings. The topological polar surface area (TPSA) is 104 Å². The molecule has 3 heterocycles. The Kier molecular flexibility index (Phi) is 7.42. The second-order valence-corrected chi connectivity index (χ2v) is 7.65. The van der Waals surface area contributed by atoms with Crippen molar-refractivity contribution in [2.45, 2.75) is 44.6 Å². The molecule has 2 aliphatic heterocycles. The molecule has 1 saturated heterocycles. The highest BCUT2D eigenvalue weighted by Crippen LogP contribution is 2.20. The van der Waals surface area contributed by atoms with Crippen molar-refractivity contribution in [3.63, 3.8) is 0 Å². The average molecular weight is 421 g/mol. The monoisotopic (exact) mass is 421 g/mol. The van der Waals surface area contributed by atoms with E-state index in [1.165, 1.54) is 15.4 Å². The molecule has 0 radical (unpaired) electrons. The van der Waals surface area contributed by atoms with Crippen LogP contribution < -0.4 is 10.6 Å². The summed E-state index contributed by atoms with van der Waals surface area (Å²) in [4.78, 5) is 45.9. The summed E-state index contributed by atoms with van der Waals surface area (Å²) in [6, 6.07) is 3.19. The first-order valence-electron chi connectivity index (χ1n) is 10.3. The van der Waals surface area contributed by atoms with E-state index in [1.807, 2.05) is 0 Å². The van der Waals surface area contributed by atoms with Crippen LogP contribution in [0.15, 0.2) is 12.1 Å². The first-order valence-corrected chi connectivity index (χ1v) is 10.3. The van der Waals surface area contributed by atoms with Crippen LogP contribution in [-0.2, 0) is 27.4 Å². The van der Waals surface area contributed by atoms with Gasteiger partial charge in [-0.2, -0.15) is 0 Å². The number of hydrogen-bond acceptors (Lipinski definition) is 6. The fraction of sp³-hybridized carbons (Fsp3) is 0.600. The van der Waals surface area contributed by atoms with Gasteiger partial charge in [-0.05, 0) is 50.2 Å². The maximum Gasteiger partial charge on any atom is 0.367 e. The Bertz CT molecular complexity index is 790. The molecule has 3 amide bonds. The average Bonchev–Trinajstić information content (AvgIpc) is 3.12. The van der Waals surface area contributed by atoms with Crippen LogP contribution >= 0.6 is 0 Å². The number of likely N-dealkylation sites (tertiary alicyclic amines) is 1. The van der Waals surface area contributed by atoms with Gasteiger partial charge in [0.25, 0.3) is 0 Å². The van der Waals surface area contributed by atoms with Crippen LogP contribution in [0.2, 0.25) is 0 Å². The van der Waals surface area contributed by atoms with Crippen molar-refractivity contribution in [2.75, 3.05) is 38.5 Å². The number of aromatic nitrogens is 1. The normalized spacial score (nSPS) is 17.9. The molecule has 0 aromatic carbocycles. The molecule has 0 aliphatic carbocycles. The van der Waals surface area contributed by atoms with Gasteiger partial charge in [-0.25, -0.2) is 14.6 Å². The third kappa shape index (κ3) is 5.37. The van der Waals surface area contributed by atoms with Crippen molar-refractivity contribution in [1.82, 2.24) is 20.1 Å². The summed E-state index contributed by atoms with van der Waals surface area (Å²) < 4.78 is 11.9. The molecule has 164 valence electrons. The van der Waals surface area contributed by atoms with Crippen molar-refractivity contribution < 1.29 is 23.9 Å². The zero-order chi connectivity index (χ0) is 21.5. The van der Waals surface area contributed by atoms with Crippen LogP contribution in [-0.4, -0.2) is 72.0 Å². The number of anilines is 1. The number of urea groups is 1. The number of fused-ring (bicyclic) bond motifs is 1. The standard InChI is InChI=1S/C20H28FN5O4/c1-25(16-9-12-26(19(16)28)13-17(27)30-21)20(29)23-10-3-2-6-15-8-7-14-5-4-11-22-18(14)24-15/h7-8,16H,2-6,9-13H2,1H3,(H,22,24)(H,23,29). The second-order valence-electron chi connectivity index (χ2n) is 7.65. The van der Waals surface area contributed by atoms with Crippen LogP contribution in [0.5, 0.6) is 0 Å². The summed E-state index contributed by atoms with van der Waals surface area (Å²) in [7, 11) is 1.54. The number of carbonyl (C=O) groups excluding carboxylic acids is 3. The van der Waals surface area contributed by atoms with Gasteiger partial charge >= 0.3 is 12.0 Å². The number of hydrogen-bond donors (Lipinski definition) is 2. The van der Waals surface area contributed by atoms with Gasteiger partial charge in [-0.1, -0.05) is 6.07 Å². The summed E-state index contributed by atoms with van der Waals surface area (Å²) in [5.74, 6) is -0.519. The van der Waals surface area contributed by atoms with E-state index in [1.54, 1.807) is 7.05 Å². The van der Waals surface area contributed by atoms with E-state index in [-0.39, 0.29) is 18.5 Å². The molecule has 0 spiro atoms. The SMILES string of the molecule is CN(C(=O)NCCCCc1ccc2c(n1)NCCC2)C1CCN(CC(=O)OF)C1=O. The molecule has 1 aromatic rings. The molecule has 3 rings (SSSR count). The smallest absolute Gasteiger partial charge is 0.367 e. The van der Waals surface area contributed by atoms with Gasteiger partial charge < -0.3 is 20.4 Å². The molecule has 9 nitrogen and oxygen atoms in total. The van der Waals surface area contributed by atoms with Crippen LogP contribution in [0.25, 0.3) is 0 Å². The number of carbonyl (C=O) groups is 3. The molecule has 1 aromatic heterocycles. The lowest BCUT2D eigenvalue weighted by Gasteiger charge is -2.24. The van der Waals surface area contributed by atoms with E-state index in [2.05, 4.69) is 32.7 Å². The van der Waals surface area contributed by atoms with Gasteiger partial charge in [0.2, 0.25) is 5.91 Å². The van der Waals surface area contributed by atoms with Crippen LogP contribution in [0, 0.1) is 0 Å². The minimum Gasteiger partial charge on any atom is -0.370 e. The van der Waals surface area contributed by atoms with Crippen molar-refractivity contribution in [2.24, 2.45) is 0 Å². The Morgan fingerprint density at radius 1 is 1.40 bits per heavy atom. The maximum absolute atomic E-state index is 12.3. The second kappa shape index (κ2) is 10.2. The minimum absolute atomic E-state index is 0.277. The number of aryl methyl sites for hydroxylation is 2. The number of rotatable bonds is 8. The van der Waals surface area contributed by atoms with E-state index < -0.39 is 18.6 Å². The van der Waals surface area contributed by atoms with Gasteiger partial charge in [0, 0.05) is 36.9 Å². The molecule has 10 heteroatoms. The van der Waals surface area contributed by atoms with E-state index in [0.717, 1.165) is 50.2 Å². The summed E-state index contributed by atoms with van der Waals surface area (Å²) in [6.07, 6.45) is 5.10. The van der Waals surface area contributed by atoms with E-state index in [9.17, 15) is 18.9 Å². The number of unbranched alkanes of at least 4 members (excludes halogenated alkanes) is 1. The number of halogens is 1. The maximum atomic E-state index is 12.3. The van der Waals surface area contributed by atoms with Crippen molar-refractivity contribution >= 4 is 23.7 Å². The van der Waals surface area contributed by atoms with Gasteiger partial charge in [0.05, 0.1) is 0 Å². The van der Waals surface area contributed by atoms with Gasteiger partial charge in [-0.3, -0.25) is 9.74 Å².